The van der Waals surface area contributed by atoms with Gasteiger partial charge in [0, 0.05) is 13.6 Å². The average molecular weight is 222 g/mol. The molecule has 0 radical (unpaired) electrons. The second-order valence-corrected chi connectivity index (χ2v) is 5.99. The van der Waals surface area contributed by atoms with Crippen LogP contribution in [-0.2, 0) is 10.0 Å². The summed E-state index contributed by atoms with van der Waals surface area (Å²) in [6, 6.07) is 0. The van der Waals surface area contributed by atoms with Crippen molar-refractivity contribution in [1.82, 2.24) is 9.21 Å². The Morgan fingerprint density at radius 1 is 1.07 bits per heavy atom. The van der Waals surface area contributed by atoms with Crippen LogP contribution in [0.25, 0.3) is 0 Å². The first-order valence-corrected chi connectivity index (χ1v) is 6.59. The predicted octanol–water partition coefficient (Wildman–Crippen LogP) is 0.610. The average Bonchev–Trinajstić information content (AvgIpc) is 2.03. The van der Waals surface area contributed by atoms with Gasteiger partial charge < -0.3 is 4.90 Å². The molecule has 0 aliphatic heterocycles. The van der Waals surface area contributed by atoms with E-state index in [4.69, 9.17) is 0 Å². The van der Waals surface area contributed by atoms with Crippen LogP contribution in [-0.4, -0.2) is 57.6 Å². The molecule has 4 nitrogen and oxygen atoms in total. The van der Waals surface area contributed by atoms with Crippen molar-refractivity contribution in [2.24, 2.45) is 0 Å². The molecule has 0 unspecified atom stereocenters. The molecule has 14 heavy (non-hydrogen) atoms. The summed E-state index contributed by atoms with van der Waals surface area (Å²) in [7, 11) is 2.63. The van der Waals surface area contributed by atoms with E-state index in [-0.39, 0.29) is 5.75 Å². The minimum Gasteiger partial charge on any atom is -0.309 e. The van der Waals surface area contributed by atoms with Gasteiger partial charge in [-0.1, -0.05) is 6.92 Å². The van der Waals surface area contributed by atoms with E-state index < -0.39 is 10.0 Å². The molecule has 0 atom stereocenters. The summed E-state index contributed by atoms with van der Waals surface area (Å²) >= 11 is 0. The minimum absolute atomic E-state index is 0.255. The van der Waals surface area contributed by atoms with Crippen molar-refractivity contribution in [1.29, 1.82) is 0 Å². The fourth-order valence-electron chi connectivity index (χ4n) is 1.16. The number of nitrogens with zero attached hydrogens (tertiary/aromatic N) is 2. The first kappa shape index (κ1) is 13.9. The molecule has 0 amide bonds. The van der Waals surface area contributed by atoms with E-state index in [1.54, 1.807) is 7.05 Å². The highest BCUT2D eigenvalue weighted by Gasteiger charge is 2.15. The third-order valence-electron chi connectivity index (χ3n) is 2.02. The topological polar surface area (TPSA) is 40.6 Å². The van der Waals surface area contributed by atoms with Crippen molar-refractivity contribution >= 4 is 10.0 Å². The molecule has 0 aliphatic rings. The van der Waals surface area contributed by atoms with Crippen LogP contribution in [0.1, 0.15) is 19.8 Å². The number of hydrogen-bond acceptors (Lipinski definition) is 3. The van der Waals surface area contributed by atoms with E-state index in [2.05, 4.69) is 4.90 Å². The molecule has 0 spiro atoms. The van der Waals surface area contributed by atoms with Gasteiger partial charge in [-0.25, -0.2) is 12.7 Å². The van der Waals surface area contributed by atoms with Gasteiger partial charge in [0.25, 0.3) is 0 Å². The van der Waals surface area contributed by atoms with Crippen molar-refractivity contribution in [3.8, 4) is 0 Å². The van der Waals surface area contributed by atoms with Crippen LogP contribution in [0.5, 0.6) is 0 Å². The maximum absolute atomic E-state index is 11.5. The summed E-state index contributed by atoms with van der Waals surface area (Å²) in [5.41, 5.74) is 0. The lowest BCUT2D eigenvalue weighted by atomic mass is 10.4. The van der Waals surface area contributed by atoms with E-state index in [1.807, 2.05) is 21.0 Å². The van der Waals surface area contributed by atoms with E-state index in [9.17, 15) is 8.42 Å². The molecule has 0 aromatic carbocycles. The predicted molar refractivity (Wildman–Crippen MR) is 59.9 cm³/mol. The van der Waals surface area contributed by atoms with Gasteiger partial charge in [-0.05, 0) is 33.5 Å². The molecule has 0 rings (SSSR count). The number of rotatable bonds is 7. The van der Waals surface area contributed by atoms with Gasteiger partial charge in [-0.15, -0.1) is 0 Å². The largest absolute Gasteiger partial charge is 0.309 e. The third kappa shape index (κ3) is 5.57. The van der Waals surface area contributed by atoms with Gasteiger partial charge in [0.05, 0.1) is 5.75 Å². The maximum Gasteiger partial charge on any atom is 0.213 e. The highest BCUT2D eigenvalue weighted by atomic mass is 32.2. The van der Waals surface area contributed by atoms with Crippen molar-refractivity contribution in [3.63, 3.8) is 0 Å². The lowest BCUT2D eigenvalue weighted by Gasteiger charge is -2.17. The Morgan fingerprint density at radius 3 is 2.07 bits per heavy atom. The molecule has 5 heteroatoms. The highest BCUT2D eigenvalue weighted by Crippen LogP contribution is 2.01. The summed E-state index contributed by atoms with van der Waals surface area (Å²) < 4.78 is 24.5. The molecule has 0 heterocycles. The second-order valence-electron chi connectivity index (χ2n) is 3.79. The van der Waals surface area contributed by atoms with Crippen LogP contribution in [0.2, 0.25) is 0 Å². The van der Waals surface area contributed by atoms with Crippen molar-refractivity contribution in [3.05, 3.63) is 0 Å². The van der Waals surface area contributed by atoms with Gasteiger partial charge in [0.1, 0.15) is 0 Å². The van der Waals surface area contributed by atoms with Crippen molar-refractivity contribution in [2.75, 3.05) is 40.0 Å². The zero-order chi connectivity index (χ0) is 11.2. The van der Waals surface area contributed by atoms with E-state index in [0.717, 1.165) is 13.0 Å². The van der Waals surface area contributed by atoms with Gasteiger partial charge in [0.15, 0.2) is 0 Å². The monoisotopic (exact) mass is 222 g/mol. The molecule has 0 bridgehead atoms. The molecule has 0 aliphatic carbocycles. The summed E-state index contributed by atoms with van der Waals surface area (Å²) in [5, 5.41) is 0. The van der Waals surface area contributed by atoms with Gasteiger partial charge in [-0.2, -0.15) is 0 Å². The number of sulfonamides is 1. The SMILES string of the molecule is CCCS(=O)(=O)N(C)CCCN(C)C. The first-order valence-electron chi connectivity index (χ1n) is 4.99. The molecule has 0 saturated carbocycles. The summed E-state index contributed by atoms with van der Waals surface area (Å²) in [6.07, 6.45) is 1.56. The lowest BCUT2D eigenvalue weighted by molar-refractivity contribution is 0.370. The summed E-state index contributed by atoms with van der Waals surface area (Å²) in [5.74, 6) is 0.255. The van der Waals surface area contributed by atoms with Gasteiger partial charge >= 0.3 is 0 Å². The Kier molecular flexibility index (Phi) is 6.31. The van der Waals surface area contributed by atoms with Crippen LogP contribution < -0.4 is 0 Å². The quantitative estimate of drug-likeness (QED) is 0.634. The molecule has 0 fully saturated rings. The lowest BCUT2D eigenvalue weighted by Crippen LogP contribution is -2.31. The molecular formula is C9H22N2O2S. The third-order valence-corrected chi connectivity index (χ3v) is 4.07. The Labute approximate surface area is 87.9 Å². The standard InChI is InChI=1S/C9H22N2O2S/c1-5-9-14(12,13)11(4)8-6-7-10(2)3/h5-9H2,1-4H3. The minimum atomic E-state index is -2.99. The first-order chi connectivity index (χ1) is 6.40. The van der Waals surface area contributed by atoms with Crippen LogP contribution in [0.3, 0.4) is 0 Å². The summed E-state index contributed by atoms with van der Waals surface area (Å²) in [6.45, 7) is 3.41. The van der Waals surface area contributed by atoms with Crippen LogP contribution in [0, 0.1) is 0 Å². The molecule has 0 aromatic heterocycles. The molecule has 86 valence electrons. The van der Waals surface area contributed by atoms with E-state index in [0.29, 0.717) is 13.0 Å². The van der Waals surface area contributed by atoms with Crippen LogP contribution >= 0.6 is 0 Å². The fraction of sp³-hybridized carbons (Fsp3) is 1.00. The zero-order valence-electron chi connectivity index (χ0n) is 9.65. The Balaban J connectivity index is 3.89. The fourth-order valence-corrected chi connectivity index (χ4v) is 2.40. The maximum atomic E-state index is 11.5. The van der Waals surface area contributed by atoms with Crippen LogP contribution in [0.15, 0.2) is 0 Å². The zero-order valence-corrected chi connectivity index (χ0v) is 10.5. The second kappa shape index (κ2) is 6.37. The van der Waals surface area contributed by atoms with Gasteiger partial charge in [0.2, 0.25) is 10.0 Å². The molecule has 0 saturated heterocycles. The normalized spacial score (nSPS) is 12.7. The Morgan fingerprint density at radius 2 is 1.64 bits per heavy atom. The number of hydrogen-bond donors (Lipinski definition) is 0. The molecule has 0 N–H and O–H groups in total. The van der Waals surface area contributed by atoms with Crippen LogP contribution in [0.4, 0.5) is 0 Å². The Bertz CT molecular complexity index is 237. The van der Waals surface area contributed by atoms with E-state index >= 15 is 0 Å². The Hall–Kier alpha value is -0.130. The molecular weight excluding hydrogens is 200 g/mol. The molecule has 0 aromatic rings. The highest BCUT2D eigenvalue weighted by molar-refractivity contribution is 7.89. The summed E-state index contributed by atoms with van der Waals surface area (Å²) in [4.78, 5) is 2.06. The van der Waals surface area contributed by atoms with E-state index in [1.165, 1.54) is 4.31 Å². The van der Waals surface area contributed by atoms with Crippen molar-refractivity contribution < 1.29 is 8.42 Å². The smallest absolute Gasteiger partial charge is 0.213 e. The van der Waals surface area contributed by atoms with Crippen molar-refractivity contribution in [2.45, 2.75) is 19.8 Å². The van der Waals surface area contributed by atoms with Gasteiger partial charge in [-0.3, -0.25) is 0 Å².